The number of anilines is 1. The van der Waals surface area contributed by atoms with Gasteiger partial charge in [-0.25, -0.2) is 0 Å². The molecular formula is C24H17ClN2O4. The van der Waals surface area contributed by atoms with Gasteiger partial charge < -0.3 is 9.84 Å². The number of carbonyl (C=O) groups is 2. The Morgan fingerprint density at radius 3 is 2.55 bits per heavy atom. The molecule has 1 fully saturated rings. The van der Waals surface area contributed by atoms with Crippen LogP contribution in [-0.2, 0) is 16.0 Å². The minimum atomic E-state index is -0.798. The lowest BCUT2D eigenvalue weighted by molar-refractivity contribution is -0.132. The van der Waals surface area contributed by atoms with Crippen molar-refractivity contribution in [1.29, 1.82) is 0 Å². The number of amides is 1. The van der Waals surface area contributed by atoms with Crippen LogP contribution >= 0.6 is 11.6 Å². The molecule has 1 N–H and O–H groups in total. The molecule has 1 atom stereocenters. The fourth-order valence-corrected chi connectivity index (χ4v) is 4.18. The molecule has 7 heteroatoms. The molecule has 5 rings (SSSR count). The second kappa shape index (κ2) is 7.56. The minimum absolute atomic E-state index is 0.0324. The zero-order chi connectivity index (χ0) is 21.5. The predicted molar refractivity (Wildman–Crippen MR) is 116 cm³/mol. The van der Waals surface area contributed by atoms with E-state index in [0.29, 0.717) is 28.4 Å². The van der Waals surface area contributed by atoms with E-state index in [9.17, 15) is 14.7 Å². The van der Waals surface area contributed by atoms with E-state index >= 15 is 0 Å². The van der Waals surface area contributed by atoms with Gasteiger partial charge in [-0.1, -0.05) is 11.6 Å². The van der Waals surface area contributed by atoms with Crippen molar-refractivity contribution in [2.24, 2.45) is 0 Å². The van der Waals surface area contributed by atoms with E-state index in [1.807, 2.05) is 0 Å². The molecule has 6 nitrogen and oxygen atoms in total. The van der Waals surface area contributed by atoms with Gasteiger partial charge in [-0.05, 0) is 65.7 Å². The maximum Gasteiger partial charge on any atom is 0.300 e. The van der Waals surface area contributed by atoms with E-state index in [4.69, 9.17) is 16.3 Å². The van der Waals surface area contributed by atoms with Crippen LogP contribution in [0.15, 0.2) is 72.6 Å². The standard InChI is InChI=1S/C24H17ClN2O4/c25-17-2-4-18(5-3-17)27-21(14-7-10-26-11-8-14)20(23(29)24(27)30)22(28)16-1-6-19-15(13-16)9-12-31-19/h1-8,10-11,13,21,28H,9,12H2/b22-20-. The van der Waals surface area contributed by atoms with Crippen LogP contribution in [0.25, 0.3) is 5.76 Å². The van der Waals surface area contributed by atoms with Gasteiger partial charge in [0.05, 0.1) is 18.2 Å². The summed E-state index contributed by atoms with van der Waals surface area (Å²) in [4.78, 5) is 31.6. The van der Waals surface area contributed by atoms with Crippen LogP contribution in [0.1, 0.15) is 22.7 Å². The summed E-state index contributed by atoms with van der Waals surface area (Å²) in [6.07, 6.45) is 3.90. The summed E-state index contributed by atoms with van der Waals surface area (Å²) in [5.41, 5.74) is 2.63. The van der Waals surface area contributed by atoms with Crippen molar-refractivity contribution in [3.8, 4) is 5.75 Å². The fourth-order valence-electron chi connectivity index (χ4n) is 4.05. The molecule has 0 bridgehead atoms. The normalized spacial score (nSPS) is 19.4. The van der Waals surface area contributed by atoms with Crippen LogP contribution in [0.3, 0.4) is 0 Å². The van der Waals surface area contributed by atoms with Gasteiger partial charge in [0.25, 0.3) is 11.7 Å². The molecule has 2 aliphatic rings. The molecule has 1 saturated heterocycles. The molecule has 0 spiro atoms. The Labute approximate surface area is 183 Å². The van der Waals surface area contributed by atoms with Crippen LogP contribution in [0.5, 0.6) is 5.75 Å². The Morgan fingerprint density at radius 1 is 1.06 bits per heavy atom. The van der Waals surface area contributed by atoms with Crippen LogP contribution < -0.4 is 9.64 Å². The van der Waals surface area contributed by atoms with Gasteiger partial charge in [0, 0.05) is 35.1 Å². The van der Waals surface area contributed by atoms with Crippen molar-refractivity contribution in [3.05, 3.63) is 94.3 Å². The van der Waals surface area contributed by atoms with E-state index in [1.54, 1.807) is 67.0 Å². The predicted octanol–water partition coefficient (Wildman–Crippen LogP) is 4.30. The Hall–Kier alpha value is -3.64. The van der Waals surface area contributed by atoms with Crippen LogP contribution in [0.4, 0.5) is 5.69 Å². The van der Waals surface area contributed by atoms with Crippen LogP contribution in [-0.4, -0.2) is 28.4 Å². The van der Waals surface area contributed by atoms with Crippen molar-refractivity contribution in [3.63, 3.8) is 0 Å². The number of benzene rings is 2. The monoisotopic (exact) mass is 432 g/mol. The first-order valence-corrected chi connectivity index (χ1v) is 10.1. The molecule has 154 valence electrons. The molecule has 0 aliphatic carbocycles. The number of halogens is 1. The molecule has 0 radical (unpaired) electrons. The summed E-state index contributed by atoms with van der Waals surface area (Å²) in [6, 6.07) is 14.6. The van der Waals surface area contributed by atoms with E-state index in [-0.39, 0.29) is 11.3 Å². The van der Waals surface area contributed by atoms with Crippen molar-refractivity contribution in [1.82, 2.24) is 4.98 Å². The molecule has 3 aromatic rings. The first-order chi connectivity index (χ1) is 15.0. The van der Waals surface area contributed by atoms with Gasteiger partial charge in [0.1, 0.15) is 11.5 Å². The summed E-state index contributed by atoms with van der Waals surface area (Å²) in [6.45, 7) is 0.581. The third-order valence-corrected chi connectivity index (χ3v) is 5.79. The van der Waals surface area contributed by atoms with Gasteiger partial charge in [0.15, 0.2) is 0 Å². The zero-order valence-corrected chi connectivity index (χ0v) is 17.0. The topological polar surface area (TPSA) is 79.7 Å². The Balaban J connectivity index is 1.69. The number of nitrogens with zero attached hydrogens (tertiary/aromatic N) is 2. The van der Waals surface area contributed by atoms with Crippen LogP contribution in [0, 0.1) is 0 Å². The zero-order valence-electron chi connectivity index (χ0n) is 16.3. The SMILES string of the molecule is O=C1C(=O)N(c2ccc(Cl)cc2)C(c2ccncc2)/C1=C(/O)c1ccc2c(c1)CCO2. The number of aromatic nitrogens is 1. The molecule has 0 saturated carbocycles. The number of ether oxygens (including phenoxy) is 1. The second-order valence-corrected chi connectivity index (χ2v) is 7.78. The number of hydrogen-bond acceptors (Lipinski definition) is 5. The number of Topliss-reactive ketones (excluding diaryl/α,β-unsaturated/α-hetero) is 1. The number of ketones is 1. The third-order valence-electron chi connectivity index (χ3n) is 5.53. The first kappa shape index (κ1) is 19.3. The highest BCUT2D eigenvalue weighted by Gasteiger charge is 2.47. The lowest BCUT2D eigenvalue weighted by Crippen LogP contribution is -2.29. The number of aliphatic hydroxyl groups excluding tert-OH is 1. The highest BCUT2D eigenvalue weighted by molar-refractivity contribution is 6.51. The Morgan fingerprint density at radius 2 is 1.81 bits per heavy atom. The summed E-state index contributed by atoms with van der Waals surface area (Å²) < 4.78 is 5.53. The van der Waals surface area contributed by atoms with E-state index in [0.717, 1.165) is 17.7 Å². The molecule has 2 aromatic carbocycles. The van der Waals surface area contributed by atoms with Crippen molar-refractivity contribution in [2.75, 3.05) is 11.5 Å². The maximum atomic E-state index is 13.1. The van der Waals surface area contributed by atoms with Gasteiger partial charge in [-0.15, -0.1) is 0 Å². The highest BCUT2D eigenvalue weighted by Crippen LogP contribution is 2.42. The lowest BCUT2D eigenvalue weighted by atomic mass is 9.95. The van der Waals surface area contributed by atoms with Crippen molar-refractivity contribution < 1.29 is 19.4 Å². The Bertz CT molecular complexity index is 1220. The molecular weight excluding hydrogens is 416 g/mol. The summed E-state index contributed by atoms with van der Waals surface area (Å²) in [5, 5.41) is 11.7. The quantitative estimate of drug-likeness (QED) is 0.379. The Kier molecular flexibility index (Phi) is 4.71. The molecule has 1 amide bonds. The average Bonchev–Trinajstić information content (AvgIpc) is 3.37. The first-order valence-electron chi connectivity index (χ1n) is 9.77. The largest absolute Gasteiger partial charge is 0.507 e. The maximum absolute atomic E-state index is 13.1. The van der Waals surface area contributed by atoms with Crippen molar-refractivity contribution in [2.45, 2.75) is 12.5 Å². The minimum Gasteiger partial charge on any atom is -0.507 e. The summed E-state index contributed by atoms with van der Waals surface area (Å²) in [7, 11) is 0. The number of carbonyl (C=O) groups excluding carboxylic acids is 2. The smallest absolute Gasteiger partial charge is 0.300 e. The fraction of sp³-hybridized carbons (Fsp3) is 0.125. The molecule has 1 unspecified atom stereocenters. The lowest BCUT2D eigenvalue weighted by Gasteiger charge is -2.25. The van der Waals surface area contributed by atoms with Gasteiger partial charge in [0.2, 0.25) is 0 Å². The average molecular weight is 433 g/mol. The van der Waals surface area contributed by atoms with E-state index < -0.39 is 17.7 Å². The van der Waals surface area contributed by atoms with Gasteiger partial charge in [-0.2, -0.15) is 0 Å². The molecule has 2 aliphatic heterocycles. The number of aliphatic hydroxyl groups is 1. The second-order valence-electron chi connectivity index (χ2n) is 7.35. The number of pyridine rings is 1. The number of rotatable bonds is 3. The van der Waals surface area contributed by atoms with Crippen molar-refractivity contribution >= 4 is 34.7 Å². The highest BCUT2D eigenvalue weighted by atomic mass is 35.5. The van der Waals surface area contributed by atoms with Crippen LogP contribution in [0.2, 0.25) is 5.02 Å². The van der Waals surface area contributed by atoms with E-state index in [1.165, 1.54) is 4.90 Å². The van der Waals surface area contributed by atoms with Gasteiger partial charge in [-0.3, -0.25) is 19.5 Å². The summed E-state index contributed by atoms with van der Waals surface area (Å²) in [5.74, 6) is -0.906. The van der Waals surface area contributed by atoms with Gasteiger partial charge >= 0.3 is 0 Å². The third kappa shape index (κ3) is 3.25. The number of hydrogen-bond donors (Lipinski definition) is 1. The number of fused-ring (bicyclic) bond motifs is 1. The molecule has 3 heterocycles. The summed E-state index contributed by atoms with van der Waals surface area (Å²) >= 11 is 6.00. The molecule has 1 aromatic heterocycles. The van der Waals surface area contributed by atoms with E-state index in [2.05, 4.69) is 4.98 Å². The molecule has 31 heavy (non-hydrogen) atoms.